The van der Waals surface area contributed by atoms with E-state index in [4.69, 9.17) is 4.98 Å². The third-order valence-corrected chi connectivity index (χ3v) is 12.9. The molecule has 0 radical (unpaired) electrons. The van der Waals surface area contributed by atoms with Crippen LogP contribution in [0.15, 0.2) is 128 Å². The van der Waals surface area contributed by atoms with Crippen LogP contribution in [0.1, 0.15) is 20.8 Å². The Balaban J connectivity index is 0.00000364. The molecule has 2 aromatic heterocycles. The Morgan fingerprint density at radius 2 is 1.38 bits per heavy atom. The summed E-state index contributed by atoms with van der Waals surface area (Å²) in [4.78, 5) is 9.78. The Hall–Kier alpha value is -4.44. The molecular weight excluding hydrogens is 784 g/mol. The molecular formula is C42H38N4PtSi. The first-order valence-electron chi connectivity index (χ1n) is 16.3. The van der Waals surface area contributed by atoms with E-state index in [2.05, 4.69) is 182 Å². The monoisotopic (exact) mass is 821 g/mol. The molecule has 4 nitrogen and oxygen atoms in total. The Morgan fingerprint density at radius 1 is 0.667 bits per heavy atom. The van der Waals surface area contributed by atoms with Crippen LogP contribution in [0.2, 0.25) is 13.1 Å². The van der Waals surface area contributed by atoms with Gasteiger partial charge < -0.3 is 14.4 Å². The summed E-state index contributed by atoms with van der Waals surface area (Å²) in [5.41, 5.74) is 8.15. The quantitative estimate of drug-likeness (QED) is 0.128. The van der Waals surface area contributed by atoms with Gasteiger partial charge in [-0.15, -0.1) is 11.5 Å². The molecule has 0 unspecified atom stereocenters. The number of pyridine rings is 1. The summed E-state index contributed by atoms with van der Waals surface area (Å²) < 4.78 is 2.29. The maximum absolute atomic E-state index is 4.89. The molecule has 8 rings (SSSR count). The van der Waals surface area contributed by atoms with E-state index in [-0.39, 0.29) is 26.6 Å². The second-order valence-electron chi connectivity index (χ2n) is 14.0. The van der Waals surface area contributed by atoms with Crippen molar-refractivity contribution < 1.29 is 21.1 Å². The van der Waals surface area contributed by atoms with Crippen LogP contribution in [0, 0.1) is 12.1 Å². The van der Waals surface area contributed by atoms with Crippen LogP contribution in [0.4, 0.5) is 17.1 Å². The standard InChI is InChI=1S/C42H38N4Si.Pt/c1-42(2,3)45-29-44(38-20-11-12-21-39(38)45)32-16-13-17-33(27-32)47(4,5)34-22-23-36-35-18-9-10-19-37(35)46(40(36)28-34)41-26-31(24-25-43-41)30-14-7-6-8-15-30;/h6-26H,29H2,1-5H3;/q-2;+2. The second-order valence-corrected chi connectivity index (χ2v) is 18.3. The molecule has 0 amide bonds. The van der Waals surface area contributed by atoms with Crippen molar-refractivity contribution in [2.75, 3.05) is 16.5 Å². The molecule has 0 fully saturated rings. The van der Waals surface area contributed by atoms with Crippen LogP contribution in [-0.4, -0.2) is 29.8 Å². The van der Waals surface area contributed by atoms with Crippen LogP contribution in [-0.2, 0) is 21.1 Å². The van der Waals surface area contributed by atoms with Crippen LogP contribution < -0.4 is 20.2 Å². The molecule has 7 aromatic rings. The van der Waals surface area contributed by atoms with Crippen molar-refractivity contribution in [3.8, 4) is 16.9 Å². The molecule has 3 heterocycles. The summed E-state index contributed by atoms with van der Waals surface area (Å²) in [6.45, 7) is 12.5. The molecule has 0 spiro atoms. The Kier molecular flexibility index (Phi) is 8.18. The maximum Gasteiger partial charge on any atom is 2.00 e. The number of rotatable bonds is 5. The number of aromatic nitrogens is 2. The molecule has 6 heteroatoms. The van der Waals surface area contributed by atoms with Gasteiger partial charge in [0.05, 0.1) is 26.1 Å². The molecule has 240 valence electrons. The van der Waals surface area contributed by atoms with Crippen molar-refractivity contribution in [1.29, 1.82) is 0 Å². The van der Waals surface area contributed by atoms with Crippen molar-refractivity contribution in [1.82, 2.24) is 9.55 Å². The summed E-state index contributed by atoms with van der Waals surface area (Å²) in [6.07, 6.45) is 1.92. The zero-order valence-corrected chi connectivity index (χ0v) is 31.2. The first-order chi connectivity index (χ1) is 22.7. The zero-order valence-electron chi connectivity index (χ0n) is 27.9. The van der Waals surface area contributed by atoms with Gasteiger partial charge in [-0.2, -0.15) is 46.8 Å². The average Bonchev–Trinajstić information content (AvgIpc) is 3.65. The minimum atomic E-state index is -2.22. The molecule has 1 aliphatic heterocycles. The van der Waals surface area contributed by atoms with Crippen molar-refractivity contribution >= 4 is 57.3 Å². The molecule has 48 heavy (non-hydrogen) atoms. The topological polar surface area (TPSA) is 24.3 Å². The SMILES string of the molecule is CC(C)(C)N1CN(c2[c-]c([Si](C)(C)c3[c-]c4c(cc3)c3ccccc3n4-c3cc(-c4ccccc4)ccn3)ccc2)c2ccccc21.[Pt+2]. The minimum Gasteiger partial charge on any atom is -0.347 e. The van der Waals surface area contributed by atoms with Gasteiger partial charge in [-0.25, -0.2) is 4.98 Å². The van der Waals surface area contributed by atoms with Crippen molar-refractivity contribution in [2.45, 2.75) is 39.4 Å². The number of fused-ring (bicyclic) bond motifs is 4. The summed E-state index contributed by atoms with van der Waals surface area (Å²) in [5.74, 6) is 0.898. The smallest absolute Gasteiger partial charge is 0.347 e. The summed E-state index contributed by atoms with van der Waals surface area (Å²) in [5, 5.41) is 4.92. The predicted molar refractivity (Wildman–Crippen MR) is 201 cm³/mol. The summed E-state index contributed by atoms with van der Waals surface area (Å²) in [6, 6.07) is 51.2. The molecule has 1 aliphatic rings. The van der Waals surface area contributed by atoms with Crippen molar-refractivity contribution in [3.63, 3.8) is 0 Å². The molecule has 0 aliphatic carbocycles. The van der Waals surface area contributed by atoms with Crippen LogP contribution in [0.25, 0.3) is 38.8 Å². The van der Waals surface area contributed by atoms with E-state index >= 15 is 0 Å². The fourth-order valence-electron chi connectivity index (χ4n) is 6.96. The largest absolute Gasteiger partial charge is 2.00 e. The zero-order chi connectivity index (χ0) is 32.3. The van der Waals surface area contributed by atoms with E-state index in [1.807, 2.05) is 6.20 Å². The third kappa shape index (κ3) is 5.39. The molecule has 0 saturated heterocycles. The average molecular weight is 822 g/mol. The second kappa shape index (κ2) is 12.2. The molecule has 0 saturated carbocycles. The van der Waals surface area contributed by atoms with Gasteiger partial charge in [-0.1, -0.05) is 85.0 Å². The number of para-hydroxylation sites is 3. The van der Waals surface area contributed by atoms with Gasteiger partial charge in [0, 0.05) is 17.3 Å². The van der Waals surface area contributed by atoms with E-state index in [0.717, 1.165) is 34.8 Å². The first kappa shape index (κ1) is 32.1. The van der Waals surface area contributed by atoms with E-state index in [0.29, 0.717) is 0 Å². The van der Waals surface area contributed by atoms with Gasteiger partial charge >= 0.3 is 21.1 Å². The summed E-state index contributed by atoms with van der Waals surface area (Å²) >= 11 is 0. The van der Waals surface area contributed by atoms with Crippen LogP contribution in [0.5, 0.6) is 0 Å². The van der Waals surface area contributed by atoms with Gasteiger partial charge in [-0.05, 0) is 67.6 Å². The number of hydrogen-bond acceptors (Lipinski definition) is 3. The van der Waals surface area contributed by atoms with Gasteiger partial charge in [-0.3, -0.25) is 0 Å². The number of benzene rings is 5. The van der Waals surface area contributed by atoms with Gasteiger partial charge in [0.15, 0.2) is 0 Å². The normalized spacial score (nSPS) is 13.2. The van der Waals surface area contributed by atoms with Gasteiger partial charge in [0.1, 0.15) is 5.82 Å². The minimum absolute atomic E-state index is 0. The molecule has 0 bridgehead atoms. The number of nitrogens with zero attached hydrogens (tertiary/aromatic N) is 4. The Morgan fingerprint density at radius 3 is 2.17 bits per heavy atom. The third-order valence-electron chi connectivity index (χ3n) is 9.64. The van der Waals surface area contributed by atoms with E-state index < -0.39 is 8.07 Å². The van der Waals surface area contributed by atoms with Crippen molar-refractivity contribution in [2.24, 2.45) is 0 Å². The fourth-order valence-corrected chi connectivity index (χ4v) is 9.14. The van der Waals surface area contributed by atoms with Gasteiger partial charge in [0.2, 0.25) is 0 Å². The van der Waals surface area contributed by atoms with Crippen LogP contribution >= 0.6 is 0 Å². The Bertz CT molecular complexity index is 2270. The fraction of sp³-hybridized carbons (Fsp3) is 0.167. The maximum atomic E-state index is 4.89. The van der Waals surface area contributed by atoms with E-state index in [1.165, 1.54) is 38.1 Å². The van der Waals surface area contributed by atoms with Gasteiger partial charge in [0.25, 0.3) is 0 Å². The number of anilines is 3. The molecule has 0 N–H and O–H groups in total. The first-order valence-corrected chi connectivity index (χ1v) is 19.3. The van der Waals surface area contributed by atoms with Crippen LogP contribution in [0.3, 0.4) is 0 Å². The number of hydrogen-bond donors (Lipinski definition) is 0. The molecule has 0 atom stereocenters. The van der Waals surface area contributed by atoms with Crippen molar-refractivity contribution in [3.05, 3.63) is 140 Å². The molecule has 5 aromatic carbocycles. The van der Waals surface area contributed by atoms with E-state index in [9.17, 15) is 0 Å². The summed E-state index contributed by atoms with van der Waals surface area (Å²) in [7, 11) is -2.22. The van der Waals surface area contributed by atoms with E-state index in [1.54, 1.807) is 0 Å². The predicted octanol–water partition coefficient (Wildman–Crippen LogP) is 8.98. The Labute approximate surface area is 298 Å².